The van der Waals surface area contributed by atoms with Crippen LogP contribution in [0.3, 0.4) is 0 Å². The van der Waals surface area contributed by atoms with Gasteiger partial charge in [0.05, 0.1) is 0 Å². The molecule has 0 aliphatic carbocycles. The molecule has 0 saturated carbocycles. The zero-order valence-electron chi connectivity index (χ0n) is 14.5. The van der Waals surface area contributed by atoms with Gasteiger partial charge in [-0.3, -0.25) is 0 Å². The Morgan fingerprint density at radius 3 is 1.81 bits per heavy atom. The first-order valence-corrected chi connectivity index (χ1v) is 12.4. The van der Waals surface area contributed by atoms with Gasteiger partial charge in [-0.15, -0.1) is 0 Å². The van der Waals surface area contributed by atoms with Crippen molar-refractivity contribution >= 4 is 42.9 Å². The van der Waals surface area contributed by atoms with E-state index in [0.29, 0.717) is 0 Å². The summed E-state index contributed by atoms with van der Waals surface area (Å²) in [5.74, 6) is -0.462. The van der Waals surface area contributed by atoms with E-state index < -0.39 is 11.5 Å². The number of carbonyl (C=O) groups excluding carboxylic acids is 1. The van der Waals surface area contributed by atoms with E-state index in [1.807, 2.05) is 91.9 Å². The van der Waals surface area contributed by atoms with Crippen molar-refractivity contribution in [2.24, 2.45) is 0 Å². The van der Waals surface area contributed by atoms with Crippen LogP contribution in [-0.4, -0.2) is 5.97 Å². The molecule has 0 saturated heterocycles. The van der Waals surface area contributed by atoms with Gasteiger partial charge in [0.2, 0.25) is 0 Å². The first-order valence-electron chi connectivity index (χ1n) is 8.28. The molecule has 3 aromatic carbocycles. The molecule has 0 bridgehead atoms. The molecule has 0 radical (unpaired) electrons. The molecular weight excluding hydrogens is 407 g/mol. The molecule has 0 heterocycles. The monoisotopic (exact) mass is 426 g/mol. The summed E-state index contributed by atoms with van der Waals surface area (Å²) in [4.78, 5) is 12.5. The summed E-state index contributed by atoms with van der Waals surface area (Å²) in [7, 11) is 0. The second kappa shape index (κ2) is 7.19. The standard InChI is InChI=1S/C22H20BrO2P/c1-3-22(24)25-26(23,19-13-6-4-7-14-19,20-15-8-5-9-16-20)21-17-11-10-12-18(21)2/h3-17H,1H2,2H3. The van der Waals surface area contributed by atoms with Gasteiger partial charge >= 0.3 is 162 Å². The molecule has 0 unspecified atom stereocenters. The Labute approximate surface area is 162 Å². The number of carbonyl (C=O) groups is 1. The minimum atomic E-state index is -3.67. The van der Waals surface area contributed by atoms with Gasteiger partial charge in [-0.1, -0.05) is 0 Å². The summed E-state index contributed by atoms with van der Waals surface area (Å²) in [6, 6.07) is 27.8. The van der Waals surface area contributed by atoms with E-state index in [2.05, 4.69) is 22.1 Å². The van der Waals surface area contributed by atoms with Gasteiger partial charge in [0, 0.05) is 0 Å². The van der Waals surface area contributed by atoms with Crippen LogP contribution in [0.4, 0.5) is 0 Å². The zero-order chi connectivity index (χ0) is 18.6. The van der Waals surface area contributed by atoms with Crippen molar-refractivity contribution in [1.82, 2.24) is 0 Å². The van der Waals surface area contributed by atoms with Gasteiger partial charge in [-0.25, -0.2) is 0 Å². The van der Waals surface area contributed by atoms with E-state index >= 15 is 0 Å². The normalized spacial score (nSPS) is 12.6. The number of halogens is 1. The Balaban J connectivity index is 2.49. The fraction of sp³-hybridized carbons (Fsp3) is 0.0455. The van der Waals surface area contributed by atoms with E-state index in [1.165, 1.54) is 6.08 Å². The molecule has 0 aliphatic heterocycles. The third-order valence-corrected chi connectivity index (χ3v) is 12.8. The van der Waals surface area contributed by atoms with Crippen LogP contribution in [-0.2, 0) is 9.32 Å². The second-order valence-electron chi connectivity index (χ2n) is 6.00. The van der Waals surface area contributed by atoms with Gasteiger partial charge < -0.3 is 0 Å². The van der Waals surface area contributed by atoms with Crippen molar-refractivity contribution in [3.05, 3.63) is 103 Å². The predicted molar refractivity (Wildman–Crippen MR) is 115 cm³/mol. The van der Waals surface area contributed by atoms with Gasteiger partial charge in [-0.2, -0.15) is 0 Å². The minimum absolute atomic E-state index is 0.462. The molecule has 4 heteroatoms. The van der Waals surface area contributed by atoms with E-state index in [4.69, 9.17) is 4.52 Å². The molecule has 0 N–H and O–H groups in total. The van der Waals surface area contributed by atoms with Crippen molar-refractivity contribution < 1.29 is 9.32 Å². The zero-order valence-corrected chi connectivity index (χ0v) is 17.0. The Hall–Kier alpha value is -2.22. The van der Waals surface area contributed by atoms with E-state index in [1.54, 1.807) is 0 Å². The number of rotatable bonds is 5. The molecule has 132 valence electrons. The van der Waals surface area contributed by atoms with E-state index in [0.717, 1.165) is 21.5 Å². The van der Waals surface area contributed by atoms with Crippen LogP contribution in [0.1, 0.15) is 5.56 Å². The molecule has 2 nitrogen and oxygen atoms in total. The Morgan fingerprint density at radius 2 is 1.35 bits per heavy atom. The topological polar surface area (TPSA) is 26.3 Å². The molecule has 0 spiro atoms. The van der Waals surface area contributed by atoms with Crippen molar-refractivity contribution in [3.63, 3.8) is 0 Å². The fourth-order valence-corrected chi connectivity index (χ4v) is 10.3. The van der Waals surface area contributed by atoms with Crippen molar-refractivity contribution in [1.29, 1.82) is 0 Å². The van der Waals surface area contributed by atoms with E-state index in [9.17, 15) is 4.79 Å². The summed E-state index contributed by atoms with van der Waals surface area (Å²) in [5, 5.41) is 2.81. The fourth-order valence-electron chi connectivity index (χ4n) is 3.19. The Bertz CT molecular complexity index is 899. The van der Waals surface area contributed by atoms with Crippen LogP contribution >= 0.6 is 21.0 Å². The molecule has 0 fully saturated rings. The maximum atomic E-state index is 12.5. The number of benzene rings is 3. The average molecular weight is 427 g/mol. The number of hydrogen-bond acceptors (Lipinski definition) is 2. The first-order chi connectivity index (χ1) is 12.5. The molecule has 0 aliphatic rings. The predicted octanol–water partition coefficient (Wildman–Crippen LogP) is 4.78. The number of aryl methyl sites for hydroxylation is 1. The summed E-state index contributed by atoms with van der Waals surface area (Å²) < 4.78 is 6.30. The van der Waals surface area contributed by atoms with Crippen LogP contribution in [0.5, 0.6) is 0 Å². The molecule has 3 rings (SSSR count). The van der Waals surface area contributed by atoms with Crippen molar-refractivity contribution in [2.75, 3.05) is 0 Å². The SMILES string of the molecule is C=CC(=O)OP(Br)(c1ccccc1)(c1ccccc1)c1ccccc1C. The molecular formula is C22H20BrO2P. The van der Waals surface area contributed by atoms with Crippen LogP contribution in [0.25, 0.3) is 0 Å². The van der Waals surface area contributed by atoms with Gasteiger partial charge in [0.1, 0.15) is 0 Å². The summed E-state index contributed by atoms with van der Waals surface area (Å²) in [6.07, 6.45) is 1.22. The van der Waals surface area contributed by atoms with Gasteiger partial charge in [-0.05, 0) is 0 Å². The van der Waals surface area contributed by atoms with Gasteiger partial charge in [0.25, 0.3) is 0 Å². The van der Waals surface area contributed by atoms with E-state index in [-0.39, 0.29) is 0 Å². The molecule has 26 heavy (non-hydrogen) atoms. The number of hydrogen-bond donors (Lipinski definition) is 0. The molecule has 0 amide bonds. The van der Waals surface area contributed by atoms with Crippen LogP contribution in [0, 0.1) is 6.92 Å². The average Bonchev–Trinajstić information content (AvgIpc) is 2.69. The van der Waals surface area contributed by atoms with Crippen LogP contribution < -0.4 is 15.9 Å². The maximum absolute atomic E-state index is 12.5. The first kappa shape index (κ1) is 18.6. The Kier molecular flexibility index (Phi) is 5.13. The van der Waals surface area contributed by atoms with Crippen LogP contribution in [0.15, 0.2) is 97.6 Å². The molecule has 0 atom stereocenters. The quantitative estimate of drug-likeness (QED) is 0.433. The third-order valence-electron chi connectivity index (χ3n) is 4.41. The third kappa shape index (κ3) is 2.92. The van der Waals surface area contributed by atoms with Crippen molar-refractivity contribution in [2.45, 2.75) is 6.92 Å². The Morgan fingerprint density at radius 1 is 0.885 bits per heavy atom. The molecule has 0 aromatic heterocycles. The summed E-state index contributed by atoms with van der Waals surface area (Å²) in [5.41, 5.74) is -2.63. The summed E-state index contributed by atoms with van der Waals surface area (Å²) in [6.45, 7) is 5.64. The molecule has 3 aromatic rings. The second-order valence-corrected chi connectivity index (χ2v) is 13.6. The summed E-state index contributed by atoms with van der Waals surface area (Å²) >= 11 is 4.05. The van der Waals surface area contributed by atoms with Gasteiger partial charge in [0.15, 0.2) is 0 Å². The van der Waals surface area contributed by atoms with Crippen LogP contribution in [0.2, 0.25) is 0 Å². The van der Waals surface area contributed by atoms with Crippen molar-refractivity contribution in [3.8, 4) is 0 Å².